The van der Waals surface area contributed by atoms with Gasteiger partial charge in [-0.15, -0.1) is 0 Å². The summed E-state index contributed by atoms with van der Waals surface area (Å²) in [5.74, 6) is 0.526. The van der Waals surface area contributed by atoms with Crippen molar-refractivity contribution in [3.63, 3.8) is 0 Å². The van der Waals surface area contributed by atoms with Crippen LogP contribution in [0.15, 0.2) is 83.9 Å². The molecule has 0 atom stereocenters. The van der Waals surface area contributed by atoms with Gasteiger partial charge in [0.05, 0.1) is 16.8 Å². The van der Waals surface area contributed by atoms with Crippen LogP contribution in [-0.4, -0.2) is 34.5 Å². The lowest BCUT2D eigenvalue weighted by molar-refractivity contribution is -0.115. The number of nitrogens with one attached hydrogen (secondary N) is 3. The molecule has 0 radical (unpaired) electrons. The highest BCUT2D eigenvalue weighted by atomic mass is 35.5. The Morgan fingerprint density at radius 2 is 1.73 bits per heavy atom. The smallest absolute Gasteiger partial charge is 0.263 e. The highest BCUT2D eigenvalue weighted by Crippen LogP contribution is 2.28. The van der Waals surface area contributed by atoms with Gasteiger partial charge in [0.25, 0.3) is 10.0 Å². The zero-order chi connectivity index (χ0) is 26.0. The van der Waals surface area contributed by atoms with Gasteiger partial charge in [-0.1, -0.05) is 53.5 Å². The molecule has 0 aliphatic carbocycles. The fourth-order valence-electron chi connectivity index (χ4n) is 3.58. The topological polar surface area (TPSA) is 130 Å². The van der Waals surface area contributed by atoms with Crippen molar-refractivity contribution in [2.24, 2.45) is 0 Å². The molecule has 0 saturated heterocycles. The molecule has 0 fully saturated rings. The molecule has 0 bridgehead atoms. The van der Waals surface area contributed by atoms with E-state index >= 15 is 0 Å². The highest BCUT2D eigenvalue weighted by molar-refractivity contribution is 7.92. The van der Waals surface area contributed by atoms with Crippen LogP contribution < -0.4 is 10.0 Å². The van der Waals surface area contributed by atoms with Crippen molar-refractivity contribution in [3.8, 4) is 11.4 Å². The van der Waals surface area contributed by atoms with Crippen LogP contribution in [0.1, 0.15) is 5.56 Å². The third-order valence-corrected chi connectivity index (χ3v) is 7.46. The van der Waals surface area contributed by atoms with E-state index in [-0.39, 0.29) is 27.3 Å². The molecule has 0 spiro atoms. The Hall–Kier alpha value is -3.99. The van der Waals surface area contributed by atoms with Crippen molar-refractivity contribution in [1.82, 2.24) is 20.2 Å². The van der Waals surface area contributed by atoms with Crippen LogP contribution in [0, 0.1) is 0 Å². The van der Waals surface area contributed by atoms with Crippen LogP contribution in [0.3, 0.4) is 0 Å². The molecule has 186 valence electrons. The van der Waals surface area contributed by atoms with Gasteiger partial charge in [0, 0.05) is 22.5 Å². The summed E-state index contributed by atoms with van der Waals surface area (Å²) in [6, 6.07) is 20.1. The number of amides is 1. The van der Waals surface area contributed by atoms with Crippen LogP contribution in [0.5, 0.6) is 0 Å². The summed E-state index contributed by atoms with van der Waals surface area (Å²) in [6.45, 7) is 0. The lowest BCUT2D eigenvalue weighted by atomic mass is 10.1. The normalized spacial score (nSPS) is 11.4. The first-order valence-corrected chi connectivity index (χ1v) is 13.2. The number of halogens is 2. The molecule has 0 aliphatic rings. The van der Waals surface area contributed by atoms with Crippen molar-refractivity contribution in [2.75, 3.05) is 10.0 Å². The second-order valence-corrected chi connectivity index (χ2v) is 10.5. The summed E-state index contributed by atoms with van der Waals surface area (Å²) < 4.78 is 28.0. The third kappa shape index (κ3) is 5.56. The summed E-state index contributed by atoms with van der Waals surface area (Å²) >= 11 is 12.0. The second-order valence-electron chi connectivity index (χ2n) is 8.00. The van der Waals surface area contributed by atoms with Gasteiger partial charge in [-0.05, 0) is 48.0 Å². The molecule has 0 aliphatic heterocycles. The minimum Gasteiger partial charge on any atom is -0.308 e. The van der Waals surface area contributed by atoms with Crippen LogP contribution >= 0.6 is 23.2 Å². The van der Waals surface area contributed by atoms with Gasteiger partial charge in [-0.2, -0.15) is 5.10 Å². The highest BCUT2D eigenvalue weighted by Gasteiger charge is 2.19. The number of fused-ring (bicyclic) bond motifs is 1. The average Bonchev–Trinajstić information content (AvgIpc) is 3.28. The number of rotatable bonds is 7. The molecule has 37 heavy (non-hydrogen) atoms. The summed E-state index contributed by atoms with van der Waals surface area (Å²) in [5.41, 5.74) is 2.31. The third-order valence-electron chi connectivity index (χ3n) is 5.36. The summed E-state index contributed by atoms with van der Waals surface area (Å²) in [5, 5.41) is 10.6. The molecule has 0 saturated carbocycles. The van der Waals surface area contributed by atoms with Gasteiger partial charge in [0.1, 0.15) is 4.90 Å². The number of hydrogen-bond acceptors (Lipinski definition) is 6. The summed E-state index contributed by atoms with van der Waals surface area (Å²) in [7, 11) is -3.95. The maximum Gasteiger partial charge on any atom is 0.263 e. The Morgan fingerprint density at radius 3 is 2.49 bits per heavy atom. The van der Waals surface area contributed by atoms with Crippen molar-refractivity contribution >= 4 is 61.7 Å². The van der Waals surface area contributed by atoms with Crippen LogP contribution in [-0.2, 0) is 21.2 Å². The first-order valence-electron chi connectivity index (χ1n) is 10.9. The van der Waals surface area contributed by atoms with Crippen molar-refractivity contribution in [3.05, 3.63) is 94.6 Å². The fourth-order valence-corrected chi connectivity index (χ4v) is 5.40. The van der Waals surface area contributed by atoms with Gasteiger partial charge in [-0.25, -0.2) is 18.4 Å². The van der Waals surface area contributed by atoms with Crippen LogP contribution in [0.2, 0.25) is 10.0 Å². The van der Waals surface area contributed by atoms with E-state index in [1.807, 2.05) is 30.3 Å². The SMILES string of the molecule is O=C(Cc1ccccc1)Nc1n[nH]c2nc(-c3ccc(NS(=O)(=O)c4cc(Cl)ccc4Cl)cc3)ncc12. The zero-order valence-electron chi connectivity index (χ0n) is 18.9. The predicted octanol–water partition coefficient (Wildman–Crippen LogP) is 5.31. The Balaban J connectivity index is 1.31. The largest absolute Gasteiger partial charge is 0.308 e. The summed E-state index contributed by atoms with van der Waals surface area (Å²) in [4.78, 5) is 21.1. The second kappa shape index (κ2) is 10.2. The number of anilines is 2. The molecular formula is C25H18Cl2N6O3S. The van der Waals surface area contributed by atoms with E-state index in [9.17, 15) is 13.2 Å². The van der Waals surface area contributed by atoms with E-state index < -0.39 is 10.0 Å². The molecule has 2 aromatic heterocycles. The average molecular weight is 553 g/mol. The number of aromatic amines is 1. The molecule has 0 unspecified atom stereocenters. The number of H-pyrrole nitrogens is 1. The molecule has 3 N–H and O–H groups in total. The van der Waals surface area contributed by atoms with E-state index in [0.717, 1.165) is 5.56 Å². The van der Waals surface area contributed by atoms with Crippen LogP contribution in [0.4, 0.5) is 11.5 Å². The molecule has 2 heterocycles. The lowest BCUT2D eigenvalue weighted by Crippen LogP contribution is -2.14. The number of benzene rings is 3. The molecule has 5 rings (SSSR count). The van der Waals surface area contributed by atoms with Crippen molar-refractivity contribution in [1.29, 1.82) is 0 Å². The predicted molar refractivity (Wildman–Crippen MR) is 143 cm³/mol. The van der Waals surface area contributed by atoms with Crippen molar-refractivity contribution < 1.29 is 13.2 Å². The van der Waals surface area contributed by atoms with Gasteiger partial charge in [-0.3, -0.25) is 14.6 Å². The number of sulfonamides is 1. The number of carbonyl (C=O) groups excluding carboxylic acids is 1. The monoisotopic (exact) mass is 552 g/mol. The van der Waals surface area contributed by atoms with Crippen molar-refractivity contribution in [2.45, 2.75) is 11.3 Å². The zero-order valence-corrected chi connectivity index (χ0v) is 21.3. The first-order chi connectivity index (χ1) is 17.8. The molecule has 9 nitrogen and oxygen atoms in total. The van der Waals surface area contributed by atoms with E-state index in [1.165, 1.54) is 18.2 Å². The fraction of sp³-hybridized carbons (Fsp3) is 0.0400. The maximum absolute atomic E-state index is 12.7. The number of carbonyl (C=O) groups is 1. The molecule has 5 aromatic rings. The van der Waals surface area contributed by atoms with E-state index in [1.54, 1.807) is 30.5 Å². The Kier molecular flexibility index (Phi) is 6.79. The van der Waals surface area contributed by atoms with E-state index in [2.05, 4.69) is 30.2 Å². The minimum atomic E-state index is -3.95. The van der Waals surface area contributed by atoms with E-state index in [4.69, 9.17) is 23.2 Å². The Morgan fingerprint density at radius 1 is 0.973 bits per heavy atom. The van der Waals surface area contributed by atoms with Gasteiger partial charge in [0.15, 0.2) is 17.3 Å². The molecule has 12 heteroatoms. The Labute approximate surface area is 221 Å². The van der Waals surface area contributed by atoms with E-state index in [0.29, 0.717) is 33.9 Å². The van der Waals surface area contributed by atoms with Gasteiger partial charge >= 0.3 is 0 Å². The van der Waals surface area contributed by atoms with Gasteiger partial charge < -0.3 is 5.32 Å². The number of nitrogens with zero attached hydrogens (tertiary/aromatic N) is 3. The molecular weight excluding hydrogens is 535 g/mol. The standard InChI is InChI=1S/C25H18Cl2N6O3S/c26-17-8-11-20(27)21(13-17)37(35,36)33-18-9-6-16(7-10-18)23-28-14-19-24(31-32-25(19)30-23)29-22(34)12-15-4-2-1-3-5-15/h1-11,13-14,33H,12H2,(H2,28,29,30,31,32,34). The number of aromatic nitrogens is 4. The Bertz CT molecular complexity index is 1710. The molecule has 3 aromatic carbocycles. The first kappa shape index (κ1) is 24.7. The van der Waals surface area contributed by atoms with Crippen LogP contribution in [0.25, 0.3) is 22.4 Å². The maximum atomic E-state index is 12.7. The summed E-state index contributed by atoms with van der Waals surface area (Å²) in [6.07, 6.45) is 1.78. The number of hydrogen-bond donors (Lipinski definition) is 3. The lowest BCUT2D eigenvalue weighted by Gasteiger charge is -2.10. The quantitative estimate of drug-likeness (QED) is 0.251. The van der Waals surface area contributed by atoms with Gasteiger partial charge in [0.2, 0.25) is 5.91 Å². The minimum absolute atomic E-state index is 0.0606. The molecule has 1 amide bonds.